The van der Waals surface area contributed by atoms with Crippen molar-refractivity contribution < 1.29 is 14.7 Å². The molecule has 2 atom stereocenters. The van der Waals surface area contributed by atoms with E-state index in [2.05, 4.69) is 10.6 Å². The first kappa shape index (κ1) is 19.7. The second kappa shape index (κ2) is 7.03. The van der Waals surface area contributed by atoms with E-state index in [1.807, 2.05) is 13.8 Å². The summed E-state index contributed by atoms with van der Waals surface area (Å²) in [4.78, 5) is 25.4. The summed E-state index contributed by atoms with van der Waals surface area (Å²) >= 11 is 6.11. The summed E-state index contributed by atoms with van der Waals surface area (Å²) in [5.41, 5.74) is 0.166. The van der Waals surface area contributed by atoms with Gasteiger partial charge in [0.1, 0.15) is 0 Å². The Morgan fingerprint density at radius 2 is 1.89 bits per heavy atom. The molecule has 4 bridgehead atoms. The third kappa shape index (κ3) is 3.92. The van der Waals surface area contributed by atoms with Gasteiger partial charge in [0, 0.05) is 17.5 Å². The number of carbonyl (C=O) groups is 2. The van der Waals surface area contributed by atoms with Crippen LogP contribution >= 0.6 is 11.6 Å². The molecular formula is C22H29ClN2O3. The van der Waals surface area contributed by atoms with E-state index in [1.165, 1.54) is 6.42 Å². The molecule has 3 N–H and O–H groups in total. The van der Waals surface area contributed by atoms with Gasteiger partial charge in [0.2, 0.25) is 5.91 Å². The minimum Gasteiger partial charge on any atom is -0.390 e. The molecule has 6 heteroatoms. The van der Waals surface area contributed by atoms with Crippen molar-refractivity contribution in [2.45, 2.75) is 70.4 Å². The number of aliphatic hydroxyl groups is 1. The summed E-state index contributed by atoms with van der Waals surface area (Å²) in [5, 5.41) is 17.2. The predicted octanol–water partition coefficient (Wildman–Crippen LogP) is 4.14. The number of hydrogen-bond donors (Lipinski definition) is 3. The monoisotopic (exact) mass is 404 g/mol. The van der Waals surface area contributed by atoms with Gasteiger partial charge in [0.25, 0.3) is 5.91 Å². The first-order valence-electron chi connectivity index (χ1n) is 10.3. The number of carbonyl (C=O) groups excluding carboxylic acids is 2. The van der Waals surface area contributed by atoms with E-state index in [9.17, 15) is 14.7 Å². The molecule has 1 aromatic rings. The lowest BCUT2D eigenvalue weighted by molar-refractivity contribution is -0.167. The number of rotatable bonds is 5. The van der Waals surface area contributed by atoms with Gasteiger partial charge < -0.3 is 15.7 Å². The van der Waals surface area contributed by atoms with E-state index in [1.54, 1.807) is 18.2 Å². The quantitative estimate of drug-likeness (QED) is 0.690. The molecule has 0 saturated heterocycles. The molecule has 0 heterocycles. The van der Waals surface area contributed by atoms with Gasteiger partial charge >= 0.3 is 0 Å². The number of amides is 2. The summed E-state index contributed by atoms with van der Waals surface area (Å²) in [6, 6.07) is 4.92. The third-order valence-electron chi connectivity index (χ3n) is 6.61. The van der Waals surface area contributed by atoms with Crippen molar-refractivity contribution in [1.29, 1.82) is 0 Å². The number of halogens is 1. The lowest BCUT2D eigenvalue weighted by Gasteiger charge is -2.60. The molecule has 0 spiro atoms. The van der Waals surface area contributed by atoms with Crippen LogP contribution in [0.25, 0.3) is 0 Å². The Hall–Kier alpha value is -1.59. The minimum atomic E-state index is -0.581. The molecular weight excluding hydrogens is 376 g/mol. The zero-order valence-electron chi connectivity index (χ0n) is 16.6. The van der Waals surface area contributed by atoms with Crippen LogP contribution in [-0.2, 0) is 4.79 Å². The fraction of sp³-hybridized carbons (Fsp3) is 0.636. The third-order valence-corrected chi connectivity index (χ3v) is 6.84. The lowest BCUT2D eigenvalue weighted by atomic mass is 9.47. The Morgan fingerprint density at radius 3 is 2.50 bits per heavy atom. The molecule has 4 aliphatic rings. The molecule has 2 amide bonds. The van der Waals surface area contributed by atoms with Gasteiger partial charge in [-0.3, -0.25) is 9.59 Å². The number of benzene rings is 1. The largest absolute Gasteiger partial charge is 0.390 e. The molecule has 28 heavy (non-hydrogen) atoms. The number of nitrogens with one attached hydrogen (secondary N) is 2. The molecule has 4 saturated carbocycles. The Labute approximate surface area is 171 Å². The maximum Gasteiger partial charge on any atom is 0.253 e. The zero-order chi connectivity index (χ0) is 20.1. The number of hydrogen-bond acceptors (Lipinski definition) is 3. The highest BCUT2D eigenvalue weighted by molar-refractivity contribution is 6.31. The van der Waals surface area contributed by atoms with Crippen molar-refractivity contribution in [3.05, 3.63) is 28.8 Å². The normalized spacial score (nSPS) is 33.2. The highest BCUT2D eigenvalue weighted by Gasteiger charge is 2.57. The van der Waals surface area contributed by atoms with Crippen molar-refractivity contribution in [3.8, 4) is 0 Å². The summed E-state index contributed by atoms with van der Waals surface area (Å²) in [5.74, 6) is 0.743. The van der Waals surface area contributed by atoms with Crippen LogP contribution in [0.2, 0.25) is 5.02 Å². The second-order valence-corrected chi connectivity index (χ2v) is 10.2. The first-order chi connectivity index (χ1) is 13.2. The molecule has 5 rings (SSSR count). The van der Waals surface area contributed by atoms with Crippen LogP contribution in [0.5, 0.6) is 0 Å². The van der Waals surface area contributed by atoms with Crippen molar-refractivity contribution in [3.63, 3.8) is 0 Å². The molecule has 0 aliphatic heterocycles. The predicted molar refractivity (Wildman–Crippen MR) is 109 cm³/mol. The van der Waals surface area contributed by atoms with Crippen LogP contribution in [0.4, 0.5) is 5.69 Å². The van der Waals surface area contributed by atoms with Crippen molar-refractivity contribution in [1.82, 2.24) is 5.32 Å². The van der Waals surface area contributed by atoms with Gasteiger partial charge in [0.15, 0.2) is 0 Å². The van der Waals surface area contributed by atoms with Gasteiger partial charge in [-0.15, -0.1) is 0 Å². The van der Waals surface area contributed by atoms with E-state index >= 15 is 0 Å². The molecule has 0 radical (unpaired) electrons. The Balaban J connectivity index is 1.50. The first-order valence-corrected chi connectivity index (χ1v) is 10.7. The van der Waals surface area contributed by atoms with Crippen molar-refractivity contribution >= 4 is 29.1 Å². The summed E-state index contributed by atoms with van der Waals surface area (Å²) in [6.45, 7) is 3.79. The maximum absolute atomic E-state index is 12.9. The molecule has 0 aromatic heterocycles. The lowest BCUT2D eigenvalue weighted by Crippen LogP contribution is -2.56. The van der Waals surface area contributed by atoms with Crippen LogP contribution in [0.3, 0.4) is 0 Å². The van der Waals surface area contributed by atoms with Crippen LogP contribution in [-0.4, -0.2) is 28.6 Å². The Bertz CT molecular complexity index is 793. The second-order valence-electron chi connectivity index (χ2n) is 9.73. The summed E-state index contributed by atoms with van der Waals surface area (Å²) < 4.78 is 0. The molecule has 5 nitrogen and oxygen atoms in total. The summed E-state index contributed by atoms with van der Waals surface area (Å²) in [7, 11) is 0. The average molecular weight is 405 g/mol. The number of anilines is 1. The topological polar surface area (TPSA) is 78.4 Å². The summed E-state index contributed by atoms with van der Waals surface area (Å²) in [6.07, 6.45) is 6.13. The van der Waals surface area contributed by atoms with E-state index in [0.29, 0.717) is 34.5 Å². The van der Waals surface area contributed by atoms with Crippen molar-refractivity contribution in [2.24, 2.45) is 17.3 Å². The van der Waals surface area contributed by atoms with E-state index < -0.39 is 5.60 Å². The molecule has 152 valence electrons. The van der Waals surface area contributed by atoms with E-state index in [-0.39, 0.29) is 23.3 Å². The fourth-order valence-electron chi connectivity index (χ4n) is 6.30. The van der Waals surface area contributed by atoms with Gasteiger partial charge in [0.05, 0.1) is 16.9 Å². The van der Waals surface area contributed by atoms with Gasteiger partial charge in [-0.25, -0.2) is 0 Å². The van der Waals surface area contributed by atoms with Crippen LogP contribution < -0.4 is 10.6 Å². The highest BCUT2D eigenvalue weighted by atomic mass is 35.5. The average Bonchev–Trinajstić information content (AvgIpc) is 2.50. The standard InChI is InChI=1S/C22H29ClN2O3/c1-13(2)24-20(27)17-4-3-16(23)6-18(17)25-19(26)11-21-7-14-5-15(8-21)10-22(28,9-14)12-21/h3-4,6,13-15,28H,5,7-12H2,1-2H3,(H,24,27)(H,25,26)/t14-,15-,21?,22?/m1/s1. The van der Waals surface area contributed by atoms with Crippen LogP contribution in [0, 0.1) is 17.3 Å². The van der Waals surface area contributed by atoms with Crippen molar-refractivity contribution in [2.75, 3.05) is 5.32 Å². The SMILES string of the molecule is CC(C)NC(=O)c1ccc(Cl)cc1NC(=O)CC12C[C@H]3C[C@@H](CC(O)(C3)C1)C2. The molecule has 1 aromatic carbocycles. The smallest absolute Gasteiger partial charge is 0.253 e. The van der Waals surface area contributed by atoms with Gasteiger partial charge in [-0.2, -0.15) is 0 Å². The highest BCUT2D eigenvalue weighted by Crippen LogP contribution is 2.62. The maximum atomic E-state index is 12.9. The fourth-order valence-corrected chi connectivity index (χ4v) is 6.47. The molecule has 4 aliphatic carbocycles. The minimum absolute atomic E-state index is 0.000464. The van der Waals surface area contributed by atoms with E-state index in [0.717, 1.165) is 32.1 Å². The van der Waals surface area contributed by atoms with Gasteiger partial charge in [-0.05, 0) is 87.8 Å². The van der Waals surface area contributed by atoms with Crippen LogP contribution in [0.1, 0.15) is 69.2 Å². The van der Waals surface area contributed by atoms with Crippen LogP contribution in [0.15, 0.2) is 18.2 Å². The Morgan fingerprint density at radius 1 is 1.21 bits per heavy atom. The molecule has 4 fully saturated rings. The zero-order valence-corrected chi connectivity index (χ0v) is 17.3. The molecule has 0 unspecified atom stereocenters. The van der Waals surface area contributed by atoms with Gasteiger partial charge in [-0.1, -0.05) is 11.6 Å². The van der Waals surface area contributed by atoms with E-state index in [4.69, 9.17) is 11.6 Å². The Kier molecular flexibility index (Phi) is 4.95.